The van der Waals surface area contributed by atoms with Crippen molar-refractivity contribution < 1.29 is 30.3 Å². The van der Waals surface area contributed by atoms with Crippen molar-refractivity contribution in [2.45, 2.75) is 47.4 Å². The van der Waals surface area contributed by atoms with Crippen molar-refractivity contribution in [1.82, 2.24) is 4.57 Å². The van der Waals surface area contributed by atoms with Crippen LogP contribution in [0, 0.1) is 6.92 Å². The van der Waals surface area contributed by atoms with Crippen LogP contribution in [0.4, 0.5) is 0 Å². The SMILES string of the molecule is Cc1cc(Cl)cc2c1c(Sc1ccc(O)cc1)cn2[C@@H]1O[C@H](CO)[C@@H](O)[C@H](O)[C@H]1O. The number of aliphatic hydroxyl groups is 4. The molecule has 1 aliphatic heterocycles. The Hall–Kier alpha value is -1.78. The van der Waals surface area contributed by atoms with E-state index in [0.717, 1.165) is 20.7 Å². The van der Waals surface area contributed by atoms with Gasteiger partial charge < -0.3 is 34.8 Å². The molecule has 4 rings (SSSR count). The summed E-state index contributed by atoms with van der Waals surface area (Å²) in [5.41, 5.74) is 1.60. The first-order valence-electron chi connectivity index (χ1n) is 9.38. The lowest BCUT2D eigenvalue weighted by atomic mass is 9.98. The summed E-state index contributed by atoms with van der Waals surface area (Å²) in [6.07, 6.45) is -4.58. The van der Waals surface area contributed by atoms with Crippen molar-refractivity contribution >= 4 is 34.3 Å². The molecule has 0 bridgehead atoms. The molecule has 5 N–H and O–H groups in total. The fourth-order valence-electron chi connectivity index (χ4n) is 3.75. The topological polar surface area (TPSA) is 115 Å². The third-order valence-corrected chi connectivity index (χ3v) is 6.52. The van der Waals surface area contributed by atoms with Gasteiger partial charge in [0.25, 0.3) is 0 Å². The van der Waals surface area contributed by atoms with Gasteiger partial charge in [-0.2, -0.15) is 0 Å². The van der Waals surface area contributed by atoms with E-state index < -0.39 is 37.3 Å². The molecule has 0 radical (unpaired) electrons. The van der Waals surface area contributed by atoms with Crippen LogP contribution in [0.15, 0.2) is 52.4 Å². The molecule has 1 aromatic heterocycles. The Morgan fingerprint density at radius 3 is 2.43 bits per heavy atom. The maximum absolute atomic E-state index is 10.6. The fourth-order valence-corrected chi connectivity index (χ4v) is 5.08. The van der Waals surface area contributed by atoms with Gasteiger partial charge in [0.2, 0.25) is 0 Å². The highest BCUT2D eigenvalue weighted by Crippen LogP contribution is 2.41. The van der Waals surface area contributed by atoms with Crippen molar-refractivity contribution in [3.05, 3.63) is 53.2 Å². The minimum absolute atomic E-state index is 0.172. The summed E-state index contributed by atoms with van der Waals surface area (Å²) in [6.45, 7) is 1.42. The molecule has 0 amide bonds. The average Bonchev–Trinajstić information content (AvgIpc) is 3.06. The zero-order chi connectivity index (χ0) is 21.6. The first-order chi connectivity index (χ1) is 14.3. The van der Waals surface area contributed by atoms with Crippen LogP contribution >= 0.6 is 23.4 Å². The molecule has 160 valence electrons. The summed E-state index contributed by atoms with van der Waals surface area (Å²) in [4.78, 5) is 1.76. The summed E-state index contributed by atoms with van der Waals surface area (Å²) >= 11 is 7.75. The lowest BCUT2D eigenvalue weighted by Gasteiger charge is -2.40. The van der Waals surface area contributed by atoms with Gasteiger partial charge in [-0.05, 0) is 48.9 Å². The molecule has 0 unspecified atom stereocenters. The van der Waals surface area contributed by atoms with Crippen molar-refractivity contribution in [1.29, 1.82) is 0 Å². The molecule has 5 atom stereocenters. The van der Waals surface area contributed by atoms with Gasteiger partial charge in [0.1, 0.15) is 30.2 Å². The van der Waals surface area contributed by atoms with Crippen LogP contribution < -0.4 is 0 Å². The zero-order valence-corrected chi connectivity index (χ0v) is 17.6. The molecule has 2 aromatic carbocycles. The molecule has 2 heterocycles. The summed E-state index contributed by atoms with van der Waals surface area (Å²) in [5.74, 6) is 0.172. The van der Waals surface area contributed by atoms with E-state index in [0.29, 0.717) is 10.5 Å². The highest BCUT2D eigenvalue weighted by Gasteiger charge is 2.44. The third-order valence-electron chi connectivity index (χ3n) is 5.27. The summed E-state index contributed by atoms with van der Waals surface area (Å²) in [6, 6.07) is 10.4. The van der Waals surface area contributed by atoms with Gasteiger partial charge in [-0.15, -0.1) is 0 Å². The Labute approximate surface area is 182 Å². The molecule has 1 aliphatic rings. The molecular formula is C21H22ClNO6S. The second-order valence-electron chi connectivity index (χ2n) is 7.33. The Morgan fingerprint density at radius 2 is 1.77 bits per heavy atom. The minimum atomic E-state index is -1.48. The van der Waals surface area contributed by atoms with E-state index >= 15 is 0 Å². The van der Waals surface area contributed by atoms with E-state index in [1.165, 1.54) is 11.8 Å². The number of aromatic hydroxyl groups is 1. The van der Waals surface area contributed by atoms with Gasteiger partial charge in [-0.25, -0.2) is 0 Å². The molecule has 9 heteroatoms. The number of phenols is 1. The molecular weight excluding hydrogens is 430 g/mol. The Kier molecular flexibility index (Phi) is 6.00. The Balaban J connectivity index is 1.83. The molecule has 0 saturated carbocycles. The monoisotopic (exact) mass is 451 g/mol. The first kappa shape index (κ1) is 21.5. The maximum Gasteiger partial charge on any atom is 0.163 e. The number of fused-ring (bicyclic) bond motifs is 1. The number of aromatic nitrogens is 1. The average molecular weight is 452 g/mol. The molecule has 1 saturated heterocycles. The number of hydrogen-bond donors (Lipinski definition) is 5. The lowest BCUT2D eigenvalue weighted by molar-refractivity contribution is -0.250. The van der Waals surface area contributed by atoms with Crippen molar-refractivity contribution in [3.8, 4) is 5.75 Å². The summed E-state index contributed by atoms with van der Waals surface area (Å²) < 4.78 is 7.42. The van der Waals surface area contributed by atoms with Crippen LogP contribution in [-0.2, 0) is 4.74 Å². The number of hydrogen-bond acceptors (Lipinski definition) is 7. The first-order valence-corrected chi connectivity index (χ1v) is 10.6. The number of rotatable bonds is 4. The normalized spacial score (nSPS) is 26.9. The van der Waals surface area contributed by atoms with Crippen molar-refractivity contribution in [2.24, 2.45) is 0 Å². The van der Waals surface area contributed by atoms with Crippen LogP contribution in [0.3, 0.4) is 0 Å². The predicted octanol–water partition coefficient (Wildman–Crippen LogP) is 2.43. The van der Waals surface area contributed by atoms with Crippen molar-refractivity contribution in [3.63, 3.8) is 0 Å². The molecule has 3 aromatic rings. The molecule has 1 fully saturated rings. The van der Waals surface area contributed by atoms with Crippen LogP contribution in [0.1, 0.15) is 11.8 Å². The van der Waals surface area contributed by atoms with E-state index in [9.17, 15) is 25.5 Å². The molecule has 7 nitrogen and oxygen atoms in total. The number of ether oxygens (including phenoxy) is 1. The second-order valence-corrected chi connectivity index (χ2v) is 8.88. The van der Waals surface area contributed by atoms with Gasteiger partial charge in [-0.1, -0.05) is 23.4 Å². The Bertz CT molecular complexity index is 1050. The van der Waals surface area contributed by atoms with Crippen LogP contribution in [0.2, 0.25) is 5.02 Å². The van der Waals surface area contributed by atoms with Crippen LogP contribution in [0.5, 0.6) is 5.75 Å². The highest BCUT2D eigenvalue weighted by atomic mass is 35.5. The lowest BCUT2D eigenvalue weighted by Crippen LogP contribution is -2.56. The van der Waals surface area contributed by atoms with Gasteiger partial charge in [0, 0.05) is 26.4 Å². The third kappa shape index (κ3) is 3.80. The van der Waals surface area contributed by atoms with Gasteiger partial charge in [0.15, 0.2) is 6.23 Å². The van der Waals surface area contributed by atoms with Crippen LogP contribution in [-0.4, -0.2) is 61.1 Å². The number of phenolic OH excluding ortho intramolecular Hbond substituents is 1. The smallest absolute Gasteiger partial charge is 0.163 e. The van der Waals surface area contributed by atoms with Gasteiger partial charge in [0.05, 0.1) is 12.1 Å². The van der Waals surface area contributed by atoms with Crippen molar-refractivity contribution in [2.75, 3.05) is 6.61 Å². The predicted molar refractivity (Wildman–Crippen MR) is 113 cm³/mol. The minimum Gasteiger partial charge on any atom is -0.508 e. The van der Waals surface area contributed by atoms with E-state index in [-0.39, 0.29) is 5.75 Å². The number of aryl methyl sites for hydroxylation is 1. The van der Waals surface area contributed by atoms with Gasteiger partial charge >= 0.3 is 0 Å². The number of benzene rings is 2. The largest absolute Gasteiger partial charge is 0.508 e. The molecule has 30 heavy (non-hydrogen) atoms. The zero-order valence-electron chi connectivity index (χ0n) is 16.0. The maximum atomic E-state index is 10.6. The van der Waals surface area contributed by atoms with E-state index in [4.69, 9.17) is 16.3 Å². The Morgan fingerprint density at radius 1 is 1.07 bits per heavy atom. The number of nitrogens with zero attached hydrogens (tertiary/aromatic N) is 1. The quantitative estimate of drug-likeness (QED) is 0.413. The second kappa shape index (κ2) is 8.39. The van der Waals surface area contributed by atoms with E-state index in [1.807, 2.05) is 13.0 Å². The van der Waals surface area contributed by atoms with E-state index in [1.54, 1.807) is 41.1 Å². The summed E-state index contributed by atoms with van der Waals surface area (Å²) in [5, 5.41) is 51.4. The fraction of sp³-hybridized carbons (Fsp3) is 0.333. The summed E-state index contributed by atoms with van der Waals surface area (Å²) in [7, 11) is 0. The van der Waals surface area contributed by atoms with Crippen LogP contribution in [0.25, 0.3) is 10.9 Å². The molecule has 0 spiro atoms. The van der Waals surface area contributed by atoms with Gasteiger partial charge in [-0.3, -0.25) is 0 Å². The van der Waals surface area contributed by atoms with E-state index in [2.05, 4.69) is 0 Å². The molecule has 0 aliphatic carbocycles. The number of aliphatic hydroxyl groups excluding tert-OH is 4. The highest BCUT2D eigenvalue weighted by molar-refractivity contribution is 7.99. The standard InChI is InChI=1S/C21H22ClNO6S/c1-10-6-11(22)7-14-17(10)16(30-13-4-2-12(25)3-5-13)8-23(14)21-20(28)19(27)18(26)15(9-24)29-21/h2-8,15,18-21,24-28H,9H2,1H3/t15-,18-,19+,20-,21-/m1/s1. The number of halogens is 1.